The predicted molar refractivity (Wildman–Crippen MR) is 233 cm³/mol. The number of allylic oxidation sites excluding steroid dienone is 1. The summed E-state index contributed by atoms with van der Waals surface area (Å²) < 4.78 is 20.6. The van der Waals surface area contributed by atoms with Gasteiger partial charge in [0.25, 0.3) is 5.69 Å². The zero-order valence-corrected chi connectivity index (χ0v) is 35.4. The van der Waals surface area contributed by atoms with Crippen molar-refractivity contribution in [1.82, 2.24) is 4.90 Å². The van der Waals surface area contributed by atoms with Crippen LogP contribution in [0.4, 0.5) is 5.69 Å². The summed E-state index contributed by atoms with van der Waals surface area (Å²) in [6, 6.07) is 17.8. The number of likely N-dealkylation sites (N-methyl/N-ethyl adjacent to an activating group) is 1. The van der Waals surface area contributed by atoms with Gasteiger partial charge in [0.1, 0.15) is 35.2 Å². The molecule has 13 nitrogen and oxygen atoms in total. The fraction of sp³-hybridized carbons (Fsp3) is 0.438. The molecule has 1 fully saturated rings. The van der Waals surface area contributed by atoms with E-state index in [9.17, 15) is 29.9 Å². The monoisotopic (exact) mass is 835 g/mol. The summed E-state index contributed by atoms with van der Waals surface area (Å²) in [6.45, 7) is 10.00. The van der Waals surface area contributed by atoms with Gasteiger partial charge in [-0.05, 0) is 118 Å². The minimum Gasteiger partial charge on any atom is -0.459 e. The van der Waals surface area contributed by atoms with Crippen LogP contribution >= 0.6 is 0 Å². The molecule has 3 aromatic rings. The molecule has 0 saturated heterocycles. The van der Waals surface area contributed by atoms with Crippen molar-refractivity contribution in [2.75, 3.05) is 26.9 Å². The largest absolute Gasteiger partial charge is 0.459 e. The van der Waals surface area contributed by atoms with E-state index in [4.69, 9.17) is 24.2 Å². The van der Waals surface area contributed by atoms with E-state index in [1.165, 1.54) is 18.2 Å². The van der Waals surface area contributed by atoms with Gasteiger partial charge in [-0.25, -0.2) is 0 Å². The predicted octanol–water partition coefficient (Wildman–Crippen LogP) is 8.80. The van der Waals surface area contributed by atoms with E-state index >= 15 is 0 Å². The topological polar surface area (TPSA) is 170 Å². The first-order chi connectivity index (χ1) is 29.3. The van der Waals surface area contributed by atoms with E-state index in [0.717, 1.165) is 43.1 Å². The Bertz CT molecular complexity index is 2140. The van der Waals surface area contributed by atoms with Crippen LogP contribution in [0.15, 0.2) is 102 Å². The molecule has 1 amide bonds. The number of aliphatic hydroxyl groups is 2. The van der Waals surface area contributed by atoms with Crippen LogP contribution in [0.2, 0.25) is 0 Å². The molecule has 0 unspecified atom stereocenters. The van der Waals surface area contributed by atoms with Gasteiger partial charge in [-0.15, -0.1) is 6.58 Å². The van der Waals surface area contributed by atoms with Crippen molar-refractivity contribution in [2.45, 2.75) is 89.1 Å². The van der Waals surface area contributed by atoms with E-state index in [2.05, 4.69) is 12.7 Å². The molecule has 3 aliphatic rings. The fourth-order valence-corrected chi connectivity index (χ4v) is 8.92. The number of carbonyl (C=O) groups excluding carboxylic acids is 2. The first-order valence-electron chi connectivity index (χ1n) is 21.0. The lowest BCUT2D eigenvalue weighted by molar-refractivity contribution is -0.384. The van der Waals surface area contributed by atoms with Crippen molar-refractivity contribution >= 4 is 29.7 Å². The molecule has 13 heteroatoms. The Kier molecular flexibility index (Phi) is 14.6. The maximum atomic E-state index is 14.3. The van der Waals surface area contributed by atoms with E-state index in [1.54, 1.807) is 60.5 Å². The van der Waals surface area contributed by atoms with E-state index in [1.807, 2.05) is 39.0 Å². The minimum atomic E-state index is -1.45. The molecular formula is C48H57N3O10. The quantitative estimate of drug-likeness (QED) is 0.0297. The smallest absolute Gasteiger partial charge is 0.269 e. The number of non-ortho nitro benzene ring substituents is 1. The number of unbranched alkanes of at least 4 members (excludes halogenated alkanes) is 2. The third-order valence-corrected chi connectivity index (χ3v) is 11.6. The molecule has 2 aliphatic carbocycles. The van der Waals surface area contributed by atoms with Gasteiger partial charge < -0.3 is 34.2 Å². The lowest BCUT2D eigenvalue weighted by Gasteiger charge is -2.59. The third kappa shape index (κ3) is 10.3. The number of aldehydes is 1. The molecule has 61 heavy (non-hydrogen) atoms. The van der Waals surface area contributed by atoms with Crippen LogP contribution in [0.1, 0.15) is 93.1 Å². The lowest BCUT2D eigenvalue weighted by atomic mass is 9.55. The molecule has 0 radical (unpaired) electrons. The van der Waals surface area contributed by atoms with E-state index < -0.39 is 28.3 Å². The standard InChI is InChI=1S/C48H57N3O10/c1-6-26-58-48-43(50(5)44(55)23-18-32-16-19-35(20-17-32)51(56)57)30-41(49-61-47(2,3)4)39-28-34(13-7-9-24-52)38(15-8-10-25-53)45(46(39)48)40-29-37(21-22-42(40)60-48)59-36-14-11-12-33(27-36)31-54/h6,11-12,14,16-23,27-29,31,34,38,43,45-46,52-53H,1,7-10,13,15,24-26,30H2,2-5H3/t34-,38+,43-,45+,46+,48+/m0/s1. The number of rotatable bonds is 19. The average molecular weight is 836 g/mol. The molecule has 6 rings (SSSR count). The number of nitro groups is 1. The number of oxime groups is 1. The number of carbonyl (C=O) groups is 2. The van der Waals surface area contributed by atoms with Crippen molar-refractivity contribution in [2.24, 2.45) is 22.9 Å². The first kappa shape index (κ1) is 44.9. The highest BCUT2D eigenvalue weighted by molar-refractivity contribution is 6.03. The number of hydrogen-bond acceptors (Lipinski definition) is 11. The zero-order chi connectivity index (χ0) is 43.7. The zero-order valence-electron chi connectivity index (χ0n) is 35.4. The van der Waals surface area contributed by atoms with Gasteiger partial charge in [-0.1, -0.05) is 42.3 Å². The molecule has 3 aromatic carbocycles. The lowest BCUT2D eigenvalue weighted by Crippen LogP contribution is -2.69. The molecule has 6 atom stereocenters. The summed E-state index contributed by atoms with van der Waals surface area (Å²) >= 11 is 0. The second kappa shape index (κ2) is 19.8. The maximum absolute atomic E-state index is 14.3. The highest BCUT2D eigenvalue weighted by Crippen LogP contribution is 2.62. The second-order valence-electron chi connectivity index (χ2n) is 16.9. The van der Waals surface area contributed by atoms with Crippen molar-refractivity contribution < 1.29 is 43.8 Å². The van der Waals surface area contributed by atoms with Crippen LogP contribution in [-0.2, 0) is 14.4 Å². The summed E-state index contributed by atoms with van der Waals surface area (Å²) in [7, 11) is 1.71. The first-order valence-corrected chi connectivity index (χ1v) is 21.0. The van der Waals surface area contributed by atoms with Crippen molar-refractivity contribution in [3.63, 3.8) is 0 Å². The Morgan fingerprint density at radius 2 is 1.74 bits per heavy atom. The van der Waals surface area contributed by atoms with Crippen LogP contribution in [0.3, 0.4) is 0 Å². The van der Waals surface area contributed by atoms with Gasteiger partial charge in [0, 0.05) is 61.9 Å². The number of nitrogens with zero attached hydrogens (tertiary/aromatic N) is 3. The van der Waals surface area contributed by atoms with Gasteiger partial charge in [-0.2, -0.15) is 0 Å². The summed E-state index contributed by atoms with van der Waals surface area (Å²) in [5.41, 5.74) is 2.88. The van der Waals surface area contributed by atoms with Crippen LogP contribution in [0.5, 0.6) is 17.2 Å². The molecule has 1 heterocycles. The van der Waals surface area contributed by atoms with Gasteiger partial charge >= 0.3 is 0 Å². The van der Waals surface area contributed by atoms with Gasteiger partial charge in [-0.3, -0.25) is 19.7 Å². The molecule has 324 valence electrons. The normalized spacial score (nSPS) is 23.6. The molecular weight excluding hydrogens is 779 g/mol. The number of nitro benzene ring substituents is 1. The number of fused-ring (bicyclic) bond motifs is 2. The van der Waals surface area contributed by atoms with E-state index in [-0.39, 0.29) is 55.6 Å². The molecule has 1 aliphatic heterocycles. The highest BCUT2D eigenvalue weighted by Gasteiger charge is 2.65. The van der Waals surface area contributed by atoms with Crippen molar-refractivity contribution in [1.29, 1.82) is 0 Å². The maximum Gasteiger partial charge on any atom is 0.269 e. The second-order valence-corrected chi connectivity index (χ2v) is 16.9. The Morgan fingerprint density at radius 3 is 2.41 bits per heavy atom. The van der Waals surface area contributed by atoms with Crippen LogP contribution in [0.25, 0.3) is 6.08 Å². The minimum absolute atomic E-state index is 0.00793. The Labute approximate surface area is 357 Å². The van der Waals surface area contributed by atoms with Gasteiger partial charge in [0.2, 0.25) is 11.7 Å². The average Bonchev–Trinajstić information content (AvgIpc) is 3.25. The number of benzene rings is 3. The summed E-state index contributed by atoms with van der Waals surface area (Å²) in [4.78, 5) is 44.5. The number of hydrogen-bond donors (Lipinski definition) is 2. The highest BCUT2D eigenvalue weighted by atomic mass is 16.7. The fourth-order valence-electron chi connectivity index (χ4n) is 8.92. The number of aliphatic hydroxyl groups excluding tert-OH is 2. The molecule has 2 N–H and O–H groups in total. The third-order valence-electron chi connectivity index (χ3n) is 11.6. The van der Waals surface area contributed by atoms with E-state index in [0.29, 0.717) is 46.9 Å². The summed E-state index contributed by atoms with van der Waals surface area (Å²) in [6.07, 6.45) is 12.4. The Hall–Kier alpha value is -5.63. The van der Waals surface area contributed by atoms with Gasteiger partial charge in [0.15, 0.2) is 0 Å². The molecule has 0 aromatic heterocycles. The van der Waals surface area contributed by atoms with Crippen LogP contribution < -0.4 is 9.47 Å². The van der Waals surface area contributed by atoms with Crippen LogP contribution in [0, 0.1) is 27.9 Å². The SMILES string of the molecule is C=CCO[C@@]12Oc3ccc(Oc4cccc(C=O)c4)cc3[C@H]3[C@H](CCCCO)[C@@H](CCCCO)C=C(C(=NOC(C)(C)C)C[C@@H]1N(C)C(=O)C=Cc1ccc([N+](=O)[O-])cc1)[C@H]32. The molecule has 1 saturated carbocycles. The molecule has 0 spiro atoms. The number of ether oxygens (including phenoxy) is 3. The summed E-state index contributed by atoms with van der Waals surface area (Å²) in [5.74, 6) is -0.909. The van der Waals surface area contributed by atoms with Crippen molar-refractivity contribution in [3.8, 4) is 17.2 Å². The Balaban J connectivity index is 1.54. The molecule has 0 bridgehead atoms. The Morgan fingerprint density at radius 1 is 1.02 bits per heavy atom. The number of amides is 1. The van der Waals surface area contributed by atoms with Gasteiger partial charge in [0.05, 0.1) is 23.2 Å². The van der Waals surface area contributed by atoms with Crippen LogP contribution in [-0.4, -0.2) is 82.2 Å². The van der Waals surface area contributed by atoms with Crippen molar-refractivity contribution in [3.05, 3.63) is 124 Å². The summed E-state index contributed by atoms with van der Waals surface area (Å²) in [5, 5.41) is 35.9.